The Hall–Kier alpha value is -1.15. The van der Waals surface area contributed by atoms with E-state index in [1.54, 1.807) is 0 Å². The number of carbonyl (C=O) groups is 1. The smallest absolute Gasteiger partial charge is 0.304 e. The zero-order valence-corrected chi connectivity index (χ0v) is 10.9. The predicted molar refractivity (Wildman–Crippen MR) is 63.8 cm³/mol. The van der Waals surface area contributed by atoms with E-state index < -0.39 is 34.0 Å². The van der Waals surface area contributed by atoms with Crippen molar-refractivity contribution in [3.8, 4) is 0 Å². The first-order valence-corrected chi connectivity index (χ1v) is 6.92. The predicted octanol–water partition coefficient (Wildman–Crippen LogP) is 1.80. The molecule has 0 saturated heterocycles. The number of carboxylic acid groups (broad SMARTS) is 1. The van der Waals surface area contributed by atoms with Gasteiger partial charge in [-0.25, -0.2) is 12.8 Å². The van der Waals surface area contributed by atoms with Gasteiger partial charge < -0.3 is 5.11 Å². The minimum absolute atomic E-state index is 0.210. The molecule has 1 rings (SSSR count). The van der Waals surface area contributed by atoms with Crippen molar-refractivity contribution in [3.63, 3.8) is 0 Å². The summed E-state index contributed by atoms with van der Waals surface area (Å²) < 4.78 is 38.5. The molecule has 0 atom stereocenters. The molecule has 0 saturated carbocycles. The van der Waals surface area contributed by atoms with Crippen LogP contribution in [0.25, 0.3) is 0 Å². The molecular weight excluding hydrogens is 317 g/mol. The maximum Gasteiger partial charge on any atom is 0.304 e. The third kappa shape index (κ3) is 4.70. The SMILES string of the molecule is O=C(O)CCS(=O)(=O)Nc1ccc(Br)cc1F. The molecule has 1 aromatic carbocycles. The summed E-state index contributed by atoms with van der Waals surface area (Å²) in [5.74, 6) is -2.57. The maximum absolute atomic E-state index is 13.3. The van der Waals surface area contributed by atoms with Gasteiger partial charge in [0.1, 0.15) is 5.82 Å². The summed E-state index contributed by atoms with van der Waals surface area (Å²) in [6.45, 7) is 0. The summed E-state index contributed by atoms with van der Waals surface area (Å²) in [7, 11) is -3.85. The Bertz CT molecular complexity index is 532. The molecule has 94 valence electrons. The molecule has 0 aliphatic heterocycles. The number of sulfonamides is 1. The van der Waals surface area contributed by atoms with E-state index >= 15 is 0 Å². The van der Waals surface area contributed by atoms with Gasteiger partial charge in [-0.3, -0.25) is 9.52 Å². The lowest BCUT2D eigenvalue weighted by atomic mass is 10.3. The van der Waals surface area contributed by atoms with Crippen molar-refractivity contribution in [1.82, 2.24) is 0 Å². The minimum Gasteiger partial charge on any atom is -0.481 e. The molecular formula is C9H9BrFNO4S. The highest BCUT2D eigenvalue weighted by molar-refractivity contribution is 9.10. The molecule has 0 bridgehead atoms. The number of halogens is 2. The Labute approximate surface area is 106 Å². The molecule has 0 radical (unpaired) electrons. The minimum atomic E-state index is -3.85. The second-order valence-corrected chi connectivity index (χ2v) is 5.95. The third-order valence-corrected chi connectivity index (χ3v) is 3.55. The molecule has 0 fully saturated rings. The first kappa shape index (κ1) is 13.9. The zero-order chi connectivity index (χ0) is 13.1. The Morgan fingerprint density at radius 3 is 2.65 bits per heavy atom. The van der Waals surface area contributed by atoms with E-state index in [-0.39, 0.29) is 5.69 Å². The maximum atomic E-state index is 13.3. The van der Waals surface area contributed by atoms with Gasteiger partial charge in [0.25, 0.3) is 0 Å². The quantitative estimate of drug-likeness (QED) is 0.864. The van der Waals surface area contributed by atoms with Gasteiger partial charge in [-0.1, -0.05) is 15.9 Å². The molecule has 0 aliphatic carbocycles. The average Bonchev–Trinajstić information content (AvgIpc) is 2.20. The van der Waals surface area contributed by atoms with E-state index in [1.807, 2.05) is 4.72 Å². The molecule has 0 aliphatic rings. The highest BCUT2D eigenvalue weighted by atomic mass is 79.9. The summed E-state index contributed by atoms with van der Waals surface area (Å²) >= 11 is 3.03. The highest BCUT2D eigenvalue weighted by Crippen LogP contribution is 2.20. The van der Waals surface area contributed by atoms with Crippen molar-refractivity contribution in [2.75, 3.05) is 10.5 Å². The standard InChI is InChI=1S/C9H9BrFNO4S/c10-6-1-2-8(7(11)5-6)12-17(15,16)4-3-9(13)14/h1-2,5,12H,3-4H2,(H,13,14). The molecule has 0 amide bonds. The largest absolute Gasteiger partial charge is 0.481 e. The summed E-state index contributed by atoms with van der Waals surface area (Å²) in [5, 5.41) is 8.36. The van der Waals surface area contributed by atoms with E-state index in [0.29, 0.717) is 4.47 Å². The van der Waals surface area contributed by atoms with Gasteiger partial charge in [-0.15, -0.1) is 0 Å². The second-order valence-electron chi connectivity index (χ2n) is 3.19. The number of carboxylic acids is 1. The van der Waals surface area contributed by atoms with Crippen LogP contribution in [0.1, 0.15) is 6.42 Å². The molecule has 5 nitrogen and oxygen atoms in total. The van der Waals surface area contributed by atoms with Crippen molar-refractivity contribution < 1.29 is 22.7 Å². The van der Waals surface area contributed by atoms with Gasteiger partial charge in [-0.2, -0.15) is 0 Å². The molecule has 0 aromatic heterocycles. The van der Waals surface area contributed by atoms with Crippen LogP contribution >= 0.6 is 15.9 Å². The van der Waals surface area contributed by atoms with Crippen molar-refractivity contribution in [2.24, 2.45) is 0 Å². The Kier molecular flexibility index (Phi) is 4.47. The summed E-state index contributed by atoms with van der Waals surface area (Å²) in [6.07, 6.45) is -0.534. The number of aliphatic carboxylic acids is 1. The monoisotopic (exact) mass is 325 g/mol. The van der Waals surface area contributed by atoms with Gasteiger partial charge in [0.2, 0.25) is 10.0 Å². The van der Waals surface area contributed by atoms with Crippen LogP contribution in [0.15, 0.2) is 22.7 Å². The molecule has 17 heavy (non-hydrogen) atoms. The van der Waals surface area contributed by atoms with Crippen LogP contribution in [0.2, 0.25) is 0 Å². The lowest BCUT2D eigenvalue weighted by Gasteiger charge is -2.07. The molecule has 1 aromatic rings. The number of rotatable bonds is 5. The van der Waals surface area contributed by atoms with Gasteiger partial charge in [0.15, 0.2) is 0 Å². The lowest BCUT2D eigenvalue weighted by Crippen LogP contribution is -2.19. The van der Waals surface area contributed by atoms with Gasteiger partial charge in [0, 0.05) is 4.47 Å². The normalized spacial score (nSPS) is 11.2. The van der Waals surface area contributed by atoms with Crippen molar-refractivity contribution in [3.05, 3.63) is 28.5 Å². The van der Waals surface area contributed by atoms with Gasteiger partial charge in [0.05, 0.1) is 17.9 Å². The van der Waals surface area contributed by atoms with Crippen LogP contribution < -0.4 is 4.72 Å². The van der Waals surface area contributed by atoms with E-state index in [0.717, 1.165) is 6.07 Å². The van der Waals surface area contributed by atoms with Crippen LogP contribution in [0, 0.1) is 5.82 Å². The average molecular weight is 326 g/mol. The Morgan fingerprint density at radius 1 is 1.47 bits per heavy atom. The van der Waals surface area contributed by atoms with Crippen LogP contribution in [0.3, 0.4) is 0 Å². The zero-order valence-electron chi connectivity index (χ0n) is 8.48. The van der Waals surface area contributed by atoms with E-state index in [1.165, 1.54) is 12.1 Å². The Morgan fingerprint density at radius 2 is 2.12 bits per heavy atom. The molecule has 0 spiro atoms. The highest BCUT2D eigenvalue weighted by Gasteiger charge is 2.15. The number of anilines is 1. The number of hydrogen-bond acceptors (Lipinski definition) is 3. The van der Waals surface area contributed by atoms with Crippen LogP contribution in [0.5, 0.6) is 0 Å². The fraction of sp³-hybridized carbons (Fsp3) is 0.222. The van der Waals surface area contributed by atoms with Gasteiger partial charge in [-0.05, 0) is 18.2 Å². The number of benzene rings is 1. The fourth-order valence-corrected chi connectivity index (χ4v) is 2.39. The summed E-state index contributed by atoms with van der Waals surface area (Å²) in [6, 6.07) is 3.82. The van der Waals surface area contributed by atoms with Crippen LogP contribution in [0.4, 0.5) is 10.1 Å². The molecule has 0 heterocycles. The summed E-state index contributed by atoms with van der Waals surface area (Å²) in [5.41, 5.74) is -0.210. The van der Waals surface area contributed by atoms with E-state index in [2.05, 4.69) is 15.9 Å². The number of hydrogen-bond donors (Lipinski definition) is 2. The first-order valence-electron chi connectivity index (χ1n) is 4.47. The number of nitrogens with one attached hydrogen (secondary N) is 1. The summed E-state index contributed by atoms with van der Waals surface area (Å²) in [4.78, 5) is 10.2. The molecule has 0 unspecified atom stereocenters. The molecule has 2 N–H and O–H groups in total. The fourth-order valence-electron chi connectivity index (χ4n) is 1.01. The van der Waals surface area contributed by atoms with E-state index in [4.69, 9.17) is 5.11 Å². The van der Waals surface area contributed by atoms with E-state index in [9.17, 15) is 17.6 Å². The lowest BCUT2D eigenvalue weighted by molar-refractivity contribution is -0.136. The molecule has 8 heteroatoms. The van der Waals surface area contributed by atoms with Crippen LogP contribution in [-0.4, -0.2) is 25.2 Å². The van der Waals surface area contributed by atoms with Crippen LogP contribution in [-0.2, 0) is 14.8 Å². The second kappa shape index (κ2) is 5.46. The van der Waals surface area contributed by atoms with Crippen molar-refractivity contribution in [1.29, 1.82) is 0 Å². The van der Waals surface area contributed by atoms with Crippen molar-refractivity contribution >= 4 is 37.6 Å². The first-order chi connectivity index (χ1) is 7.80. The third-order valence-electron chi connectivity index (χ3n) is 1.78. The Balaban J connectivity index is 2.79. The van der Waals surface area contributed by atoms with Gasteiger partial charge >= 0.3 is 5.97 Å². The van der Waals surface area contributed by atoms with Crippen molar-refractivity contribution in [2.45, 2.75) is 6.42 Å². The topological polar surface area (TPSA) is 83.5 Å².